The lowest BCUT2D eigenvalue weighted by Gasteiger charge is -2.24. The number of carbonyl (C=O) groups is 3. The first-order valence-electron chi connectivity index (χ1n) is 6.08. The molecule has 0 aromatic heterocycles. The molecule has 0 aliphatic heterocycles. The van der Waals surface area contributed by atoms with Crippen molar-refractivity contribution in [2.24, 2.45) is 29.4 Å². The fourth-order valence-corrected chi connectivity index (χ4v) is 2.93. The molecule has 0 heterocycles. The molecule has 2 aliphatic carbocycles. The van der Waals surface area contributed by atoms with Crippen LogP contribution in [0, 0.1) is 23.7 Å². The van der Waals surface area contributed by atoms with Gasteiger partial charge in [-0.2, -0.15) is 0 Å². The summed E-state index contributed by atoms with van der Waals surface area (Å²) in [7, 11) is 0. The smallest absolute Gasteiger partial charge is 0.307 e. The van der Waals surface area contributed by atoms with E-state index in [4.69, 9.17) is 5.73 Å². The molecule has 0 saturated heterocycles. The summed E-state index contributed by atoms with van der Waals surface area (Å²) in [6, 6.07) is 0. The Hall–Kier alpha value is -1.89. The molecule has 5 atom stereocenters. The van der Waals surface area contributed by atoms with E-state index in [1.165, 1.54) is 0 Å². The second-order valence-corrected chi connectivity index (χ2v) is 5.00. The molecule has 2 rings (SSSR count). The third-order valence-corrected chi connectivity index (χ3v) is 3.85. The first kappa shape index (κ1) is 13.5. The summed E-state index contributed by atoms with van der Waals surface area (Å²) in [6.45, 7) is -0.294. The Kier molecular flexibility index (Phi) is 3.57. The minimum Gasteiger partial charge on any atom is -0.481 e. The van der Waals surface area contributed by atoms with E-state index in [2.05, 4.69) is 5.32 Å². The van der Waals surface area contributed by atoms with Crippen molar-refractivity contribution in [2.75, 3.05) is 6.54 Å². The van der Waals surface area contributed by atoms with Crippen molar-refractivity contribution in [2.45, 2.75) is 12.5 Å². The molecular weight excluding hydrogens is 252 g/mol. The van der Waals surface area contributed by atoms with E-state index in [1.54, 1.807) is 0 Å². The van der Waals surface area contributed by atoms with Gasteiger partial charge in [0.05, 0.1) is 18.4 Å². The summed E-state index contributed by atoms with van der Waals surface area (Å²) in [5.41, 5.74) is 4.87. The van der Waals surface area contributed by atoms with Gasteiger partial charge >= 0.3 is 5.97 Å². The number of aliphatic hydroxyl groups is 1. The van der Waals surface area contributed by atoms with Gasteiger partial charge in [0.1, 0.15) is 6.10 Å². The number of nitrogens with one attached hydrogen (secondary N) is 1. The molecule has 0 aromatic carbocycles. The largest absolute Gasteiger partial charge is 0.481 e. The molecule has 19 heavy (non-hydrogen) atoms. The van der Waals surface area contributed by atoms with Crippen molar-refractivity contribution in [3.05, 3.63) is 12.2 Å². The van der Waals surface area contributed by atoms with Crippen molar-refractivity contribution >= 4 is 17.8 Å². The van der Waals surface area contributed by atoms with E-state index < -0.39 is 35.7 Å². The minimum atomic E-state index is -1.46. The fourth-order valence-electron chi connectivity index (χ4n) is 2.93. The summed E-state index contributed by atoms with van der Waals surface area (Å²) < 4.78 is 0. The fraction of sp³-hybridized carbons (Fsp3) is 0.583. The van der Waals surface area contributed by atoms with Crippen molar-refractivity contribution < 1.29 is 24.6 Å². The Morgan fingerprint density at radius 1 is 1.26 bits per heavy atom. The van der Waals surface area contributed by atoms with E-state index >= 15 is 0 Å². The molecule has 3 unspecified atom stereocenters. The zero-order chi connectivity index (χ0) is 14.2. The number of amides is 2. The molecular formula is C12H16N2O5. The number of rotatable bonds is 5. The van der Waals surface area contributed by atoms with Crippen LogP contribution in [-0.4, -0.2) is 40.6 Å². The summed E-state index contributed by atoms with van der Waals surface area (Å²) in [4.78, 5) is 33.9. The highest BCUT2D eigenvalue weighted by Crippen LogP contribution is 2.48. The van der Waals surface area contributed by atoms with Crippen LogP contribution in [0.15, 0.2) is 12.2 Å². The number of aliphatic hydroxyl groups excluding tert-OH is 1. The Bertz CT molecular complexity index is 447. The van der Waals surface area contributed by atoms with Gasteiger partial charge in [-0.25, -0.2) is 0 Å². The molecule has 2 aliphatic rings. The van der Waals surface area contributed by atoms with Gasteiger partial charge in [-0.05, 0) is 18.3 Å². The van der Waals surface area contributed by atoms with Crippen molar-refractivity contribution in [1.29, 1.82) is 0 Å². The molecule has 104 valence electrons. The van der Waals surface area contributed by atoms with Crippen LogP contribution < -0.4 is 11.1 Å². The van der Waals surface area contributed by atoms with Crippen LogP contribution in [0.4, 0.5) is 0 Å². The number of primary amides is 1. The number of allylic oxidation sites excluding steroid dienone is 2. The molecule has 5 N–H and O–H groups in total. The Morgan fingerprint density at radius 3 is 2.37 bits per heavy atom. The van der Waals surface area contributed by atoms with Crippen LogP contribution in [0.1, 0.15) is 6.42 Å². The highest BCUT2D eigenvalue weighted by Gasteiger charge is 2.51. The van der Waals surface area contributed by atoms with E-state index in [9.17, 15) is 24.6 Å². The number of fused-ring (bicyclic) bond motifs is 2. The summed E-state index contributed by atoms with van der Waals surface area (Å²) in [5, 5.41) is 20.8. The lowest BCUT2D eigenvalue weighted by molar-refractivity contribution is -0.148. The number of nitrogens with two attached hydrogens (primary N) is 1. The van der Waals surface area contributed by atoms with Crippen LogP contribution in [0.2, 0.25) is 0 Å². The maximum Gasteiger partial charge on any atom is 0.307 e. The number of aliphatic carboxylic acids is 1. The number of hydrogen-bond donors (Lipinski definition) is 4. The monoisotopic (exact) mass is 268 g/mol. The van der Waals surface area contributed by atoms with Gasteiger partial charge in [-0.3, -0.25) is 14.4 Å². The SMILES string of the molecule is NC(=O)C(O)CNC(=O)[C@H]1C2C=CC(C2)[C@H]1C(=O)O. The van der Waals surface area contributed by atoms with Gasteiger partial charge in [0, 0.05) is 0 Å². The van der Waals surface area contributed by atoms with Gasteiger partial charge in [0.2, 0.25) is 11.8 Å². The highest BCUT2D eigenvalue weighted by atomic mass is 16.4. The molecule has 0 spiro atoms. The zero-order valence-electron chi connectivity index (χ0n) is 10.2. The predicted molar refractivity (Wildman–Crippen MR) is 63.6 cm³/mol. The first-order valence-corrected chi connectivity index (χ1v) is 6.08. The summed E-state index contributed by atoms with van der Waals surface area (Å²) in [5.74, 6) is -3.95. The minimum absolute atomic E-state index is 0.0863. The summed E-state index contributed by atoms with van der Waals surface area (Å²) >= 11 is 0. The van der Waals surface area contributed by atoms with Gasteiger partial charge in [-0.15, -0.1) is 0 Å². The van der Waals surface area contributed by atoms with Crippen LogP contribution in [0.25, 0.3) is 0 Å². The van der Waals surface area contributed by atoms with Crippen LogP contribution >= 0.6 is 0 Å². The molecule has 7 heteroatoms. The maximum atomic E-state index is 12.0. The van der Waals surface area contributed by atoms with E-state index in [1.807, 2.05) is 12.2 Å². The maximum absolute atomic E-state index is 12.0. The third-order valence-electron chi connectivity index (χ3n) is 3.85. The molecule has 0 aromatic rings. The molecule has 1 saturated carbocycles. The second kappa shape index (κ2) is 5.00. The molecule has 1 fully saturated rings. The van der Waals surface area contributed by atoms with Crippen molar-refractivity contribution in [3.8, 4) is 0 Å². The number of carbonyl (C=O) groups excluding carboxylic acids is 2. The first-order chi connectivity index (χ1) is 8.91. The van der Waals surface area contributed by atoms with Crippen molar-refractivity contribution in [3.63, 3.8) is 0 Å². The zero-order valence-corrected chi connectivity index (χ0v) is 10.2. The molecule has 2 amide bonds. The van der Waals surface area contributed by atoms with Gasteiger partial charge in [0.25, 0.3) is 0 Å². The molecule has 2 bridgehead atoms. The van der Waals surface area contributed by atoms with Crippen LogP contribution in [0.5, 0.6) is 0 Å². The molecule has 7 nitrogen and oxygen atoms in total. The van der Waals surface area contributed by atoms with Gasteiger partial charge in [-0.1, -0.05) is 12.2 Å². The van der Waals surface area contributed by atoms with Crippen molar-refractivity contribution in [1.82, 2.24) is 5.32 Å². The van der Waals surface area contributed by atoms with Gasteiger partial charge < -0.3 is 21.3 Å². The Labute approximate surface area is 109 Å². The van der Waals surface area contributed by atoms with E-state index in [0.29, 0.717) is 6.42 Å². The van der Waals surface area contributed by atoms with Crippen LogP contribution in [-0.2, 0) is 14.4 Å². The average molecular weight is 268 g/mol. The van der Waals surface area contributed by atoms with Crippen LogP contribution in [0.3, 0.4) is 0 Å². The quantitative estimate of drug-likeness (QED) is 0.449. The summed E-state index contributed by atoms with van der Waals surface area (Å²) in [6.07, 6.45) is 2.90. The second-order valence-electron chi connectivity index (χ2n) is 5.00. The Morgan fingerprint density at radius 2 is 1.84 bits per heavy atom. The standard InChI is InChI=1S/C12H16N2O5/c13-10(16)7(15)4-14-11(17)8-5-1-2-6(3-5)9(8)12(18)19/h1-2,5-9,15H,3-4H2,(H2,13,16)(H,14,17)(H,18,19)/t5?,6?,7?,8-,9+/m0/s1. The normalized spacial score (nSPS) is 33.1. The lowest BCUT2D eigenvalue weighted by atomic mass is 9.82. The Balaban J connectivity index is 2.00. The van der Waals surface area contributed by atoms with E-state index in [-0.39, 0.29) is 18.4 Å². The molecule has 0 radical (unpaired) electrons. The number of carboxylic acids is 1. The average Bonchev–Trinajstić information content (AvgIpc) is 2.94. The lowest BCUT2D eigenvalue weighted by Crippen LogP contribution is -2.45. The number of carboxylic acid groups (broad SMARTS) is 1. The topological polar surface area (TPSA) is 130 Å². The van der Waals surface area contributed by atoms with E-state index in [0.717, 1.165) is 0 Å². The van der Waals surface area contributed by atoms with Gasteiger partial charge in [0.15, 0.2) is 0 Å². The number of hydrogen-bond acceptors (Lipinski definition) is 4. The highest BCUT2D eigenvalue weighted by molar-refractivity contribution is 5.87. The predicted octanol–water partition coefficient (Wildman–Crippen LogP) is -1.53. The third kappa shape index (κ3) is 2.46.